The van der Waals surface area contributed by atoms with Crippen LogP contribution in [0.3, 0.4) is 0 Å². The van der Waals surface area contributed by atoms with E-state index in [1.54, 1.807) is 31.4 Å². The fraction of sp³-hybridized carbons (Fsp3) is 0.214. The molecule has 5 heteroatoms. The summed E-state index contributed by atoms with van der Waals surface area (Å²) in [5.41, 5.74) is 0.133. The molecule has 2 aromatic rings. The Bertz CT molecular complexity index is 606. The second-order valence-electron chi connectivity index (χ2n) is 3.94. The maximum absolute atomic E-state index is 11.1. The highest BCUT2D eigenvalue weighted by Gasteiger charge is 2.10. The molecule has 0 fully saturated rings. The van der Waals surface area contributed by atoms with Gasteiger partial charge in [0.05, 0.1) is 19.3 Å². The number of fused-ring (bicyclic) bond motifs is 1. The summed E-state index contributed by atoms with van der Waals surface area (Å²) < 4.78 is 10.5. The van der Waals surface area contributed by atoms with Crippen molar-refractivity contribution >= 4 is 16.7 Å². The van der Waals surface area contributed by atoms with E-state index in [9.17, 15) is 4.79 Å². The van der Waals surface area contributed by atoms with Crippen molar-refractivity contribution in [2.75, 3.05) is 20.3 Å². The van der Waals surface area contributed by atoms with Crippen LogP contribution in [0.15, 0.2) is 30.3 Å². The highest BCUT2D eigenvalue weighted by molar-refractivity contribution is 5.98. The second kappa shape index (κ2) is 5.58. The minimum absolute atomic E-state index is 0.115. The van der Waals surface area contributed by atoms with E-state index in [0.717, 1.165) is 5.39 Å². The molecule has 100 valence electrons. The molecule has 0 aliphatic heterocycles. The summed E-state index contributed by atoms with van der Waals surface area (Å²) in [5, 5.41) is 19.4. The second-order valence-corrected chi connectivity index (χ2v) is 3.94. The SMILES string of the molecule is COc1ccc2c(OCCO)cc(C(=O)O)cc2c1. The molecule has 0 amide bonds. The molecule has 2 rings (SSSR count). The molecule has 0 spiro atoms. The van der Waals surface area contributed by atoms with Crippen molar-refractivity contribution < 1.29 is 24.5 Å². The Morgan fingerprint density at radius 1 is 1.26 bits per heavy atom. The van der Waals surface area contributed by atoms with Gasteiger partial charge >= 0.3 is 5.97 Å². The topological polar surface area (TPSA) is 76.0 Å². The van der Waals surface area contributed by atoms with Crippen molar-refractivity contribution in [1.29, 1.82) is 0 Å². The summed E-state index contributed by atoms with van der Waals surface area (Å²) in [4.78, 5) is 11.1. The van der Waals surface area contributed by atoms with Crippen LogP contribution in [0.5, 0.6) is 11.5 Å². The third-order valence-corrected chi connectivity index (χ3v) is 2.72. The van der Waals surface area contributed by atoms with Crippen LogP contribution >= 0.6 is 0 Å². The molecule has 0 bridgehead atoms. The predicted octanol–water partition coefficient (Wildman–Crippen LogP) is 1.92. The number of ether oxygens (including phenoxy) is 2. The van der Waals surface area contributed by atoms with Crippen molar-refractivity contribution in [1.82, 2.24) is 0 Å². The van der Waals surface area contributed by atoms with Gasteiger partial charge in [-0.1, -0.05) is 0 Å². The molecule has 0 radical (unpaired) electrons. The van der Waals surface area contributed by atoms with Crippen molar-refractivity contribution in [3.63, 3.8) is 0 Å². The van der Waals surface area contributed by atoms with E-state index in [1.807, 2.05) is 0 Å². The van der Waals surface area contributed by atoms with Crippen molar-refractivity contribution in [2.24, 2.45) is 0 Å². The average molecular weight is 262 g/mol. The lowest BCUT2D eigenvalue weighted by Gasteiger charge is -2.10. The monoisotopic (exact) mass is 262 g/mol. The highest BCUT2D eigenvalue weighted by atomic mass is 16.5. The number of benzene rings is 2. The molecular weight excluding hydrogens is 248 g/mol. The minimum Gasteiger partial charge on any atom is -0.497 e. The Labute approximate surface area is 110 Å². The molecular formula is C14H14O5. The summed E-state index contributed by atoms with van der Waals surface area (Å²) in [6, 6.07) is 8.33. The molecule has 0 saturated carbocycles. The van der Waals surface area contributed by atoms with Crippen LogP contribution in [0.25, 0.3) is 10.8 Å². The van der Waals surface area contributed by atoms with Crippen molar-refractivity contribution in [3.8, 4) is 11.5 Å². The first kappa shape index (κ1) is 13.2. The van der Waals surface area contributed by atoms with Crippen LogP contribution in [0, 0.1) is 0 Å². The van der Waals surface area contributed by atoms with E-state index in [-0.39, 0.29) is 18.8 Å². The number of hydrogen-bond donors (Lipinski definition) is 2. The lowest BCUT2D eigenvalue weighted by Crippen LogP contribution is -2.04. The van der Waals surface area contributed by atoms with Gasteiger partial charge in [-0.3, -0.25) is 0 Å². The van der Waals surface area contributed by atoms with Gasteiger partial charge in [-0.25, -0.2) is 4.79 Å². The van der Waals surface area contributed by atoms with Gasteiger partial charge in [-0.2, -0.15) is 0 Å². The normalized spacial score (nSPS) is 10.4. The Balaban J connectivity index is 2.59. The molecule has 0 aliphatic carbocycles. The van der Waals surface area contributed by atoms with Crippen molar-refractivity contribution in [2.45, 2.75) is 0 Å². The Kier molecular flexibility index (Phi) is 3.87. The quantitative estimate of drug-likeness (QED) is 0.860. The molecule has 0 aromatic heterocycles. The van der Waals surface area contributed by atoms with Gasteiger partial charge in [0, 0.05) is 5.39 Å². The van der Waals surface area contributed by atoms with Gasteiger partial charge in [-0.05, 0) is 35.7 Å². The zero-order valence-electron chi connectivity index (χ0n) is 10.4. The number of aliphatic hydroxyl groups is 1. The number of carbonyl (C=O) groups is 1. The molecule has 0 saturated heterocycles. The standard InChI is InChI=1S/C14H14O5/c1-18-11-2-3-12-9(7-11)6-10(14(16)17)8-13(12)19-5-4-15/h2-3,6-8,15H,4-5H2,1H3,(H,16,17). The minimum atomic E-state index is -1.03. The van der Waals surface area contributed by atoms with E-state index >= 15 is 0 Å². The summed E-state index contributed by atoms with van der Waals surface area (Å²) in [6.45, 7) is -0.0147. The molecule has 5 nitrogen and oxygen atoms in total. The number of aromatic carboxylic acids is 1. The summed E-state index contributed by atoms with van der Waals surface area (Å²) in [6.07, 6.45) is 0. The van der Waals surface area contributed by atoms with Gasteiger partial charge in [0.15, 0.2) is 0 Å². The number of methoxy groups -OCH3 is 1. The van der Waals surface area contributed by atoms with Crippen LogP contribution in [0.4, 0.5) is 0 Å². The number of carboxylic acids is 1. The molecule has 0 unspecified atom stereocenters. The summed E-state index contributed by atoms with van der Waals surface area (Å²) >= 11 is 0. The van der Waals surface area contributed by atoms with Crippen LogP contribution in [-0.4, -0.2) is 36.5 Å². The maximum atomic E-state index is 11.1. The Morgan fingerprint density at radius 3 is 2.68 bits per heavy atom. The van der Waals surface area contributed by atoms with Crippen LogP contribution in [-0.2, 0) is 0 Å². The van der Waals surface area contributed by atoms with Crippen LogP contribution in [0.1, 0.15) is 10.4 Å². The first-order valence-electron chi connectivity index (χ1n) is 5.74. The largest absolute Gasteiger partial charge is 0.497 e. The number of rotatable bonds is 5. The van der Waals surface area contributed by atoms with Gasteiger partial charge in [0.2, 0.25) is 0 Å². The van der Waals surface area contributed by atoms with E-state index in [0.29, 0.717) is 16.9 Å². The smallest absolute Gasteiger partial charge is 0.335 e. The first-order chi connectivity index (χ1) is 9.15. The van der Waals surface area contributed by atoms with Gasteiger partial charge < -0.3 is 19.7 Å². The number of aliphatic hydroxyl groups excluding tert-OH is 1. The van der Waals surface area contributed by atoms with Gasteiger partial charge in [0.1, 0.15) is 18.1 Å². The highest BCUT2D eigenvalue weighted by Crippen LogP contribution is 2.30. The molecule has 19 heavy (non-hydrogen) atoms. The third-order valence-electron chi connectivity index (χ3n) is 2.72. The first-order valence-corrected chi connectivity index (χ1v) is 5.74. The summed E-state index contributed by atoms with van der Waals surface area (Å²) in [7, 11) is 1.55. The fourth-order valence-corrected chi connectivity index (χ4v) is 1.84. The van der Waals surface area contributed by atoms with E-state index in [1.165, 1.54) is 6.07 Å². The van der Waals surface area contributed by atoms with Crippen LogP contribution in [0.2, 0.25) is 0 Å². The van der Waals surface area contributed by atoms with E-state index < -0.39 is 5.97 Å². The van der Waals surface area contributed by atoms with E-state index in [2.05, 4.69) is 0 Å². The predicted molar refractivity (Wildman–Crippen MR) is 70.0 cm³/mol. The fourth-order valence-electron chi connectivity index (χ4n) is 1.84. The molecule has 2 N–H and O–H groups in total. The van der Waals surface area contributed by atoms with Crippen LogP contribution < -0.4 is 9.47 Å². The molecule has 2 aromatic carbocycles. The Hall–Kier alpha value is -2.27. The molecule has 0 atom stereocenters. The molecule has 0 aliphatic rings. The van der Waals surface area contributed by atoms with Crippen molar-refractivity contribution in [3.05, 3.63) is 35.9 Å². The molecule has 0 heterocycles. The van der Waals surface area contributed by atoms with E-state index in [4.69, 9.17) is 19.7 Å². The Morgan fingerprint density at radius 2 is 2.05 bits per heavy atom. The lowest BCUT2D eigenvalue weighted by molar-refractivity contribution is 0.0696. The van der Waals surface area contributed by atoms with Gasteiger partial charge in [-0.15, -0.1) is 0 Å². The zero-order valence-corrected chi connectivity index (χ0v) is 10.4. The third kappa shape index (κ3) is 2.77. The number of hydrogen-bond acceptors (Lipinski definition) is 4. The zero-order chi connectivity index (χ0) is 13.8. The van der Waals surface area contributed by atoms with Gasteiger partial charge in [0.25, 0.3) is 0 Å². The maximum Gasteiger partial charge on any atom is 0.335 e. The average Bonchev–Trinajstić information content (AvgIpc) is 2.43. The summed E-state index contributed by atoms with van der Waals surface area (Å²) in [5.74, 6) is 0.0494. The number of carboxylic acid groups (broad SMARTS) is 1. The lowest BCUT2D eigenvalue weighted by atomic mass is 10.1.